The number of anilines is 1. The number of carbonyl (C=O) groups is 3. The molecule has 0 spiro atoms. The third kappa shape index (κ3) is 8.19. The van der Waals surface area contributed by atoms with Gasteiger partial charge in [-0.1, -0.05) is 12.8 Å². The van der Waals surface area contributed by atoms with Crippen LogP contribution in [0, 0.1) is 5.92 Å². The Morgan fingerprint density at radius 2 is 2.14 bits per heavy atom. The Morgan fingerprint density at radius 1 is 1.36 bits per heavy atom. The standard InChI is InChI=1S/C21H32N4O3/c1-25(24-21(28)4-2-3-11-26)14-18-13-20(8-7-17(18)15-27)23-10-9-19(22)12-16-5-6-16/h7-8,11,13,15-16,19,23H,2-6,9-10,12,14,22H2,1H3,(H,24,28). The van der Waals surface area contributed by atoms with E-state index >= 15 is 0 Å². The van der Waals surface area contributed by atoms with E-state index in [0.29, 0.717) is 31.4 Å². The lowest BCUT2D eigenvalue weighted by Gasteiger charge is -2.20. The summed E-state index contributed by atoms with van der Waals surface area (Å²) in [6.07, 6.45) is 7.50. The lowest BCUT2D eigenvalue weighted by molar-refractivity contribution is -0.125. The van der Waals surface area contributed by atoms with E-state index < -0.39 is 0 Å². The Hall–Kier alpha value is -2.25. The van der Waals surface area contributed by atoms with Crippen LogP contribution in [0.1, 0.15) is 60.9 Å². The van der Waals surface area contributed by atoms with Gasteiger partial charge in [0.05, 0.1) is 0 Å². The van der Waals surface area contributed by atoms with Gasteiger partial charge in [0, 0.05) is 50.3 Å². The average Bonchev–Trinajstić information content (AvgIpc) is 3.46. The fourth-order valence-electron chi connectivity index (χ4n) is 3.18. The summed E-state index contributed by atoms with van der Waals surface area (Å²) in [5.74, 6) is 0.689. The minimum Gasteiger partial charge on any atom is -0.385 e. The van der Waals surface area contributed by atoms with Crippen molar-refractivity contribution < 1.29 is 14.4 Å². The van der Waals surface area contributed by atoms with E-state index in [9.17, 15) is 14.4 Å². The SMILES string of the molecule is CN(Cc1cc(NCCC(N)CC2CC2)ccc1C=O)NC(=O)CCCC=O. The molecule has 154 valence electrons. The third-order valence-electron chi connectivity index (χ3n) is 4.90. The van der Waals surface area contributed by atoms with E-state index in [0.717, 1.165) is 49.1 Å². The van der Waals surface area contributed by atoms with Crippen molar-refractivity contribution in [2.24, 2.45) is 11.7 Å². The van der Waals surface area contributed by atoms with Gasteiger partial charge in [-0.25, -0.2) is 5.01 Å². The number of nitrogens with zero attached hydrogens (tertiary/aromatic N) is 1. The molecule has 0 heterocycles. The zero-order valence-electron chi connectivity index (χ0n) is 16.7. The van der Waals surface area contributed by atoms with Crippen molar-refractivity contribution in [1.82, 2.24) is 10.4 Å². The van der Waals surface area contributed by atoms with Gasteiger partial charge in [-0.2, -0.15) is 0 Å². The highest BCUT2D eigenvalue weighted by atomic mass is 16.2. The van der Waals surface area contributed by atoms with Crippen LogP contribution in [0.5, 0.6) is 0 Å². The van der Waals surface area contributed by atoms with Gasteiger partial charge in [-0.3, -0.25) is 15.0 Å². The van der Waals surface area contributed by atoms with Crippen LogP contribution in [0.25, 0.3) is 0 Å². The quantitative estimate of drug-likeness (QED) is 0.257. The number of carbonyl (C=O) groups excluding carboxylic acids is 3. The summed E-state index contributed by atoms with van der Waals surface area (Å²) < 4.78 is 0. The minimum absolute atomic E-state index is 0.143. The molecule has 4 N–H and O–H groups in total. The third-order valence-corrected chi connectivity index (χ3v) is 4.90. The summed E-state index contributed by atoms with van der Waals surface area (Å²) in [6.45, 7) is 1.20. The van der Waals surface area contributed by atoms with Crippen molar-refractivity contribution >= 4 is 24.2 Å². The molecule has 0 bridgehead atoms. The van der Waals surface area contributed by atoms with E-state index in [2.05, 4.69) is 10.7 Å². The van der Waals surface area contributed by atoms with Crippen LogP contribution in [-0.4, -0.2) is 43.1 Å². The molecule has 0 radical (unpaired) electrons. The monoisotopic (exact) mass is 388 g/mol. The number of rotatable bonds is 14. The molecule has 1 saturated carbocycles. The molecular weight excluding hydrogens is 356 g/mol. The zero-order chi connectivity index (χ0) is 20.4. The van der Waals surface area contributed by atoms with Gasteiger partial charge in [0.2, 0.25) is 5.91 Å². The molecule has 7 heteroatoms. The van der Waals surface area contributed by atoms with Gasteiger partial charge in [-0.15, -0.1) is 0 Å². The highest BCUT2D eigenvalue weighted by Crippen LogP contribution is 2.33. The van der Waals surface area contributed by atoms with Crippen molar-refractivity contribution in [2.75, 3.05) is 18.9 Å². The molecule has 1 unspecified atom stereocenters. The Balaban J connectivity index is 1.83. The molecule has 1 amide bonds. The number of benzene rings is 1. The lowest BCUT2D eigenvalue weighted by Crippen LogP contribution is -2.38. The van der Waals surface area contributed by atoms with E-state index in [1.165, 1.54) is 12.8 Å². The zero-order valence-corrected chi connectivity index (χ0v) is 16.7. The maximum Gasteiger partial charge on any atom is 0.234 e. The molecule has 1 aliphatic carbocycles. The number of aldehydes is 2. The Morgan fingerprint density at radius 3 is 2.82 bits per heavy atom. The minimum atomic E-state index is -0.143. The maximum absolute atomic E-state index is 11.9. The van der Waals surface area contributed by atoms with Crippen molar-refractivity contribution in [2.45, 2.75) is 57.5 Å². The molecule has 1 fully saturated rings. The molecule has 2 rings (SSSR count). The number of nitrogens with two attached hydrogens (primary N) is 1. The molecule has 1 aromatic rings. The number of unbranched alkanes of at least 4 members (excludes halogenated alkanes) is 1. The van der Waals surface area contributed by atoms with E-state index in [1.807, 2.05) is 12.1 Å². The second-order valence-electron chi connectivity index (χ2n) is 7.64. The maximum atomic E-state index is 11.9. The van der Waals surface area contributed by atoms with Crippen molar-refractivity contribution in [3.8, 4) is 0 Å². The first-order valence-electron chi connectivity index (χ1n) is 10.0. The number of hydrogen-bond acceptors (Lipinski definition) is 6. The summed E-state index contributed by atoms with van der Waals surface area (Å²) in [5, 5.41) is 5.03. The fourth-order valence-corrected chi connectivity index (χ4v) is 3.18. The highest BCUT2D eigenvalue weighted by molar-refractivity contribution is 5.79. The van der Waals surface area contributed by atoms with E-state index in [4.69, 9.17) is 5.73 Å². The Labute approximate surface area is 167 Å². The number of nitrogens with one attached hydrogen (secondary N) is 2. The predicted molar refractivity (Wildman–Crippen MR) is 110 cm³/mol. The summed E-state index contributed by atoms with van der Waals surface area (Å²) >= 11 is 0. The van der Waals surface area contributed by atoms with Gasteiger partial charge >= 0.3 is 0 Å². The molecule has 1 atom stereocenters. The molecule has 0 aliphatic heterocycles. The largest absolute Gasteiger partial charge is 0.385 e. The van der Waals surface area contributed by atoms with Crippen molar-refractivity contribution in [3.05, 3.63) is 29.3 Å². The molecular formula is C21H32N4O3. The summed E-state index contributed by atoms with van der Waals surface area (Å²) in [5.41, 5.74) is 11.3. The Kier molecular flexibility index (Phi) is 9.10. The van der Waals surface area contributed by atoms with Gasteiger partial charge in [0.25, 0.3) is 0 Å². The van der Waals surface area contributed by atoms with Crippen LogP contribution in [0.3, 0.4) is 0 Å². The van der Waals surface area contributed by atoms with Crippen molar-refractivity contribution in [1.29, 1.82) is 0 Å². The molecule has 28 heavy (non-hydrogen) atoms. The first-order valence-corrected chi connectivity index (χ1v) is 10.0. The van der Waals surface area contributed by atoms with Crippen LogP contribution in [-0.2, 0) is 16.1 Å². The second kappa shape index (κ2) is 11.6. The van der Waals surface area contributed by atoms with Crippen LogP contribution >= 0.6 is 0 Å². The first-order chi connectivity index (χ1) is 13.5. The number of hydrogen-bond donors (Lipinski definition) is 3. The van der Waals surface area contributed by atoms with Crippen LogP contribution in [0.15, 0.2) is 18.2 Å². The molecule has 0 saturated heterocycles. The smallest absolute Gasteiger partial charge is 0.234 e. The first kappa shape index (κ1) is 22.0. The normalized spacial score (nSPS) is 14.5. The van der Waals surface area contributed by atoms with Crippen LogP contribution in [0.4, 0.5) is 5.69 Å². The molecule has 1 aliphatic rings. The Bertz CT molecular complexity index is 661. The van der Waals surface area contributed by atoms with E-state index in [1.54, 1.807) is 18.1 Å². The summed E-state index contributed by atoms with van der Waals surface area (Å²) in [4.78, 5) is 33.5. The van der Waals surface area contributed by atoms with Crippen LogP contribution < -0.4 is 16.5 Å². The van der Waals surface area contributed by atoms with Gasteiger partial charge in [0.15, 0.2) is 0 Å². The van der Waals surface area contributed by atoms with Gasteiger partial charge < -0.3 is 15.8 Å². The number of amides is 1. The highest BCUT2D eigenvalue weighted by Gasteiger charge is 2.23. The van der Waals surface area contributed by atoms with Crippen LogP contribution in [0.2, 0.25) is 0 Å². The molecule has 1 aromatic carbocycles. The summed E-state index contributed by atoms with van der Waals surface area (Å²) in [7, 11) is 1.75. The van der Waals surface area contributed by atoms with E-state index in [-0.39, 0.29) is 11.9 Å². The predicted octanol–water partition coefficient (Wildman–Crippen LogP) is 2.26. The second-order valence-corrected chi connectivity index (χ2v) is 7.64. The van der Waals surface area contributed by atoms with Gasteiger partial charge in [-0.05, 0) is 48.9 Å². The lowest BCUT2D eigenvalue weighted by atomic mass is 10.1. The summed E-state index contributed by atoms with van der Waals surface area (Å²) in [6, 6.07) is 5.84. The van der Waals surface area contributed by atoms with Gasteiger partial charge in [0.1, 0.15) is 12.6 Å². The van der Waals surface area contributed by atoms with Crippen molar-refractivity contribution in [3.63, 3.8) is 0 Å². The fraction of sp³-hybridized carbons (Fsp3) is 0.571. The molecule has 7 nitrogen and oxygen atoms in total. The average molecular weight is 389 g/mol. The topological polar surface area (TPSA) is 105 Å². The molecule has 0 aromatic heterocycles. The number of hydrazine groups is 1.